The van der Waals surface area contributed by atoms with Crippen LogP contribution in [0.15, 0.2) is 24.3 Å². The van der Waals surface area contributed by atoms with Crippen molar-refractivity contribution in [1.82, 2.24) is 9.80 Å². The standard InChI is InChI=1S/C18H27N3O/c1-14-7-6-8-16(11-14)19-18(22)15(2)21-12-17(13-21)20-9-4-3-5-10-20/h6-8,11,15,17H,3-5,9-10,12-13H2,1-2H3,(H,19,22)/t15-/m1/s1. The average Bonchev–Trinajstić information content (AvgIpc) is 2.46. The minimum atomic E-state index is -0.0541. The van der Waals surface area contributed by atoms with Crippen LogP contribution in [-0.4, -0.2) is 54.0 Å². The fraction of sp³-hybridized carbons (Fsp3) is 0.611. The first-order chi connectivity index (χ1) is 10.6. The van der Waals surface area contributed by atoms with Crippen LogP contribution in [0.25, 0.3) is 0 Å². The number of piperidine rings is 1. The van der Waals surface area contributed by atoms with E-state index in [0.29, 0.717) is 6.04 Å². The molecule has 1 aromatic carbocycles. The Bertz CT molecular complexity index is 519. The number of rotatable bonds is 4. The van der Waals surface area contributed by atoms with Crippen molar-refractivity contribution < 1.29 is 4.79 Å². The summed E-state index contributed by atoms with van der Waals surface area (Å²) in [6.07, 6.45) is 4.04. The summed E-state index contributed by atoms with van der Waals surface area (Å²) in [5.74, 6) is 0.0997. The van der Waals surface area contributed by atoms with Crippen molar-refractivity contribution in [3.63, 3.8) is 0 Å². The van der Waals surface area contributed by atoms with Crippen LogP contribution in [0.2, 0.25) is 0 Å². The first-order valence-corrected chi connectivity index (χ1v) is 8.49. The monoisotopic (exact) mass is 301 g/mol. The van der Waals surface area contributed by atoms with Crippen molar-refractivity contribution in [2.45, 2.75) is 45.2 Å². The van der Waals surface area contributed by atoms with Crippen molar-refractivity contribution in [2.24, 2.45) is 0 Å². The van der Waals surface area contributed by atoms with Crippen molar-refractivity contribution in [3.8, 4) is 0 Å². The molecule has 1 atom stereocenters. The highest BCUT2D eigenvalue weighted by Gasteiger charge is 2.36. The van der Waals surface area contributed by atoms with Gasteiger partial charge in [-0.15, -0.1) is 0 Å². The van der Waals surface area contributed by atoms with Crippen molar-refractivity contribution in [1.29, 1.82) is 0 Å². The van der Waals surface area contributed by atoms with Crippen molar-refractivity contribution in [3.05, 3.63) is 29.8 Å². The number of hydrogen-bond acceptors (Lipinski definition) is 3. The number of hydrogen-bond donors (Lipinski definition) is 1. The lowest BCUT2D eigenvalue weighted by Crippen LogP contribution is -2.64. The minimum absolute atomic E-state index is 0.0541. The minimum Gasteiger partial charge on any atom is -0.325 e. The molecule has 0 unspecified atom stereocenters. The van der Waals surface area contributed by atoms with Gasteiger partial charge in [-0.1, -0.05) is 18.6 Å². The topological polar surface area (TPSA) is 35.6 Å². The summed E-state index contributed by atoms with van der Waals surface area (Å²) in [7, 11) is 0. The summed E-state index contributed by atoms with van der Waals surface area (Å²) >= 11 is 0. The highest BCUT2D eigenvalue weighted by molar-refractivity contribution is 5.94. The molecule has 4 nitrogen and oxygen atoms in total. The Morgan fingerprint density at radius 2 is 1.95 bits per heavy atom. The molecule has 2 saturated heterocycles. The second-order valence-corrected chi connectivity index (χ2v) is 6.74. The van der Waals surface area contributed by atoms with Crippen LogP contribution in [0.4, 0.5) is 5.69 Å². The normalized spacial score (nSPS) is 22.1. The van der Waals surface area contributed by atoms with Gasteiger partial charge in [-0.3, -0.25) is 14.6 Å². The van der Waals surface area contributed by atoms with Crippen LogP contribution < -0.4 is 5.32 Å². The molecule has 0 spiro atoms. The predicted octanol–water partition coefficient (Wildman–Crippen LogP) is 2.49. The maximum Gasteiger partial charge on any atom is 0.241 e. The lowest BCUT2D eigenvalue weighted by molar-refractivity contribution is -0.124. The maximum absolute atomic E-state index is 12.4. The molecule has 2 heterocycles. The third-order valence-corrected chi connectivity index (χ3v) is 5.01. The van der Waals surface area contributed by atoms with Crippen LogP contribution in [-0.2, 0) is 4.79 Å². The van der Waals surface area contributed by atoms with E-state index in [4.69, 9.17) is 0 Å². The number of amides is 1. The molecule has 0 aromatic heterocycles. The zero-order valence-electron chi connectivity index (χ0n) is 13.7. The van der Waals surface area contributed by atoms with Gasteiger partial charge in [0.1, 0.15) is 0 Å². The third kappa shape index (κ3) is 3.50. The number of anilines is 1. The van der Waals surface area contributed by atoms with Crippen LogP contribution in [0.5, 0.6) is 0 Å². The van der Waals surface area contributed by atoms with Gasteiger partial charge in [-0.25, -0.2) is 0 Å². The van der Waals surface area contributed by atoms with Gasteiger partial charge < -0.3 is 5.32 Å². The molecule has 2 aliphatic rings. The lowest BCUT2D eigenvalue weighted by atomic mass is 10.0. The van der Waals surface area contributed by atoms with Gasteiger partial charge in [0.15, 0.2) is 0 Å². The molecule has 3 rings (SSSR count). The van der Waals surface area contributed by atoms with E-state index < -0.39 is 0 Å². The van der Waals surface area contributed by atoms with E-state index in [0.717, 1.165) is 18.8 Å². The summed E-state index contributed by atoms with van der Waals surface area (Å²) in [6.45, 7) is 8.59. The van der Waals surface area contributed by atoms with E-state index in [9.17, 15) is 4.79 Å². The summed E-state index contributed by atoms with van der Waals surface area (Å²) in [5.41, 5.74) is 2.06. The van der Waals surface area contributed by atoms with E-state index in [-0.39, 0.29) is 11.9 Å². The van der Waals surface area contributed by atoms with Crippen LogP contribution in [0.3, 0.4) is 0 Å². The Morgan fingerprint density at radius 1 is 1.23 bits per heavy atom. The van der Waals surface area contributed by atoms with Crippen molar-refractivity contribution >= 4 is 11.6 Å². The van der Waals surface area contributed by atoms with Gasteiger partial charge in [0, 0.05) is 24.8 Å². The molecule has 4 heteroatoms. The number of nitrogens with zero attached hydrogens (tertiary/aromatic N) is 2. The molecule has 2 aliphatic heterocycles. The van der Waals surface area contributed by atoms with E-state index >= 15 is 0 Å². The number of nitrogens with one attached hydrogen (secondary N) is 1. The quantitative estimate of drug-likeness (QED) is 0.928. The molecule has 22 heavy (non-hydrogen) atoms. The van der Waals surface area contributed by atoms with E-state index in [2.05, 4.69) is 15.1 Å². The summed E-state index contributed by atoms with van der Waals surface area (Å²) < 4.78 is 0. The van der Waals surface area contributed by atoms with Crippen LogP contribution in [0.1, 0.15) is 31.7 Å². The molecule has 0 saturated carbocycles. The zero-order chi connectivity index (χ0) is 15.5. The Kier molecular flexibility index (Phi) is 4.79. The average molecular weight is 301 g/mol. The molecule has 1 aromatic rings. The number of carbonyl (C=O) groups excluding carboxylic acids is 1. The maximum atomic E-state index is 12.4. The Hall–Kier alpha value is -1.39. The van der Waals surface area contributed by atoms with Crippen LogP contribution >= 0.6 is 0 Å². The Balaban J connectivity index is 1.48. The molecule has 1 N–H and O–H groups in total. The summed E-state index contributed by atoms with van der Waals surface area (Å²) in [5, 5.41) is 3.03. The zero-order valence-corrected chi connectivity index (χ0v) is 13.7. The largest absolute Gasteiger partial charge is 0.325 e. The third-order valence-electron chi connectivity index (χ3n) is 5.01. The van der Waals surface area contributed by atoms with E-state index in [1.165, 1.54) is 37.9 Å². The van der Waals surface area contributed by atoms with E-state index in [1.54, 1.807) is 0 Å². The van der Waals surface area contributed by atoms with Crippen molar-refractivity contribution in [2.75, 3.05) is 31.5 Å². The van der Waals surface area contributed by atoms with E-state index in [1.807, 2.05) is 38.1 Å². The fourth-order valence-corrected chi connectivity index (χ4v) is 3.45. The highest BCUT2D eigenvalue weighted by atomic mass is 16.2. The second-order valence-electron chi connectivity index (χ2n) is 6.74. The van der Waals surface area contributed by atoms with Crippen LogP contribution in [0, 0.1) is 6.92 Å². The lowest BCUT2D eigenvalue weighted by Gasteiger charge is -2.48. The number of carbonyl (C=O) groups is 1. The Morgan fingerprint density at radius 3 is 2.64 bits per heavy atom. The molecular weight excluding hydrogens is 274 g/mol. The molecule has 120 valence electrons. The number of benzene rings is 1. The highest BCUT2D eigenvalue weighted by Crippen LogP contribution is 2.22. The predicted molar refractivity (Wildman–Crippen MR) is 90.1 cm³/mol. The first-order valence-electron chi connectivity index (χ1n) is 8.49. The van der Waals surface area contributed by atoms with Gasteiger partial charge in [0.05, 0.1) is 6.04 Å². The van der Waals surface area contributed by atoms with Gasteiger partial charge in [0.2, 0.25) is 5.91 Å². The fourth-order valence-electron chi connectivity index (χ4n) is 3.45. The molecule has 1 amide bonds. The van der Waals surface area contributed by atoms with Gasteiger partial charge >= 0.3 is 0 Å². The molecule has 2 fully saturated rings. The van der Waals surface area contributed by atoms with Gasteiger partial charge in [-0.2, -0.15) is 0 Å². The molecule has 0 aliphatic carbocycles. The SMILES string of the molecule is Cc1cccc(NC(=O)[C@@H](C)N2CC(N3CCCCC3)C2)c1. The molecule has 0 bridgehead atoms. The summed E-state index contributed by atoms with van der Waals surface area (Å²) in [6, 6.07) is 8.58. The van der Waals surface area contributed by atoms with Gasteiger partial charge in [0.25, 0.3) is 0 Å². The second kappa shape index (κ2) is 6.80. The Labute approximate surface area is 133 Å². The molecular formula is C18H27N3O. The number of aryl methyl sites for hydroxylation is 1. The molecule has 0 radical (unpaired) electrons. The first kappa shape index (κ1) is 15.5. The smallest absolute Gasteiger partial charge is 0.241 e. The van der Waals surface area contributed by atoms with Gasteiger partial charge in [-0.05, 0) is 57.5 Å². The number of likely N-dealkylation sites (tertiary alicyclic amines) is 2. The summed E-state index contributed by atoms with van der Waals surface area (Å²) in [4.78, 5) is 17.3.